The van der Waals surface area contributed by atoms with Gasteiger partial charge >= 0.3 is 5.97 Å². The van der Waals surface area contributed by atoms with Crippen LogP contribution in [-0.4, -0.2) is 40.3 Å². The first-order valence-corrected chi connectivity index (χ1v) is 11.1. The molecule has 7 nitrogen and oxygen atoms in total. The van der Waals surface area contributed by atoms with E-state index in [4.69, 9.17) is 26.3 Å². The number of carbonyl (C=O) groups excluding carboxylic acids is 1. The molecule has 0 saturated carbocycles. The largest absolute Gasteiger partial charge is 0.465 e. The zero-order valence-corrected chi connectivity index (χ0v) is 19.1. The van der Waals surface area contributed by atoms with Crippen molar-refractivity contribution < 1.29 is 22.9 Å². The van der Waals surface area contributed by atoms with Crippen molar-refractivity contribution in [2.75, 3.05) is 13.7 Å². The summed E-state index contributed by atoms with van der Waals surface area (Å²) in [7, 11) is 1.35. The van der Waals surface area contributed by atoms with Crippen LogP contribution in [0.15, 0.2) is 54.6 Å². The molecule has 1 fully saturated rings. The van der Waals surface area contributed by atoms with Crippen molar-refractivity contribution in [3.63, 3.8) is 0 Å². The number of rotatable bonds is 7. The second-order valence-electron chi connectivity index (χ2n) is 8.04. The number of benzene rings is 2. The van der Waals surface area contributed by atoms with Crippen molar-refractivity contribution in [3.8, 4) is 17.1 Å². The molecule has 0 spiro atoms. The molecule has 0 radical (unpaired) electrons. The molecule has 2 aromatic carbocycles. The van der Waals surface area contributed by atoms with Gasteiger partial charge in [0.15, 0.2) is 0 Å². The molecule has 0 bridgehead atoms. The maximum absolute atomic E-state index is 15.0. The molecule has 5 rings (SSSR count). The van der Waals surface area contributed by atoms with Crippen LogP contribution < -0.4 is 4.29 Å². The zero-order chi connectivity index (χ0) is 23.7. The monoisotopic (exact) mass is 481 g/mol. The lowest BCUT2D eigenvalue weighted by atomic mass is 10.1. The van der Waals surface area contributed by atoms with Crippen LogP contribution in [0.1, 0.15) is 28.2 Å². The lowest BCUT2D eigenvalue weighted by molar-refractivity contribution is -0.0589. The van der Waals surface area contributed by atoms with Gasteiger partial charge in [0.1, 0.15) is 23.5 Å². The van der Waals surface area contributed by atoms with E-state index in [2.05, 4.69) is 9.27 Å². The summed E-state index contributed by atoms with van der Waals surface area (Å²) < 4.78 is 32.2. The Kier molecular flexibility index (Phi) is 6.17. The van der Waals surface area contributed by atoms with Gasteiger partial charge in [0.2, 0.25) is 5.88 Å². The number of aromatic nitrogens is 3. The first-order valence-electron chi connectivity index (χ1n) is 10.8. The quantitative estimate of drug-likeness (QED) is 0.348. The molecule has 0 unspecified atom stereocenters. The molecule has 0 N–H and O–H groups in total. The van der Waals surface area contributed by atoms with Crippen molar-refractivity contribution in [1.82, 2.24) is 14.5 Å². The van der Waals surface area contributed by atoms with Crippen molar-refractivity contribution in [2.24, 2.45) is 0 Å². The molecule has 2 aromatic heterocycles. The number of hydrogen-bond donors (Lipinski definition) is 0. The van der Waals surface area contributed by atoms with Gasteiger partial charge in [-0.2, -0.15) is 0 Å². The van der Waals surface area contributed by atoms with Gasteiger partial charge in [0.05, 0.1) is 42.0 Å². The zero-order valence-electron chi connectivity index (χ0n) is 18.3. The second-order valence-corrected chi connectivity index (χ2v) is 8.20. The van der Waals surface area contributed by atoms with Gasteiger partial charge in [0.25, 0.3) is 0 Å². The molecule has 1 saturated heterocycles. The van der Waals surface area contributed by atoms with E-state index in [1.165, 1.54) is 13.2 Å². The van der Waals surface area contributed by atoms with Crippen molar-refractivity contribution in [1.29, 1.82) is 0 Å². The minimum absolute atomic E-state index is 0.0829. The Balaban J connectivity index is 1.49. The van der Waals surface area contributed by atoms with Gasteiger partial charge in [0, 0.05) is 24.7 Å². The van der Waals surface area contributed by atoms with E-state index >= 15 is 4.39 Å². The highest BCUT2D eigenvalue weighted by Gasteiger charge is 2.23. The van der Waals surface area contributed by atoms with E-state index in [1.807, 2.05) is 10.6 Å². The van der Waals surface area contributed by atoms with Crippen LogP contribution in [0.25, 0.3) is 22.3 Å². The van der Waals surface area contributed by atoms with Crippen molar-refractivity contribution >= 4 is 28.9 Å². The van der Waals surface area contributed by atoms with E-state index in [1.54, 1.807) is 42.5 Å². The van der Waals surface area contributed by atoms with Gasteiger partial charge in [-0.3, -0.25) is 0 Å². The summed E-state index contributed by atoms with van der Waals surface area (Å²) in [6, 6.07) is 15.2. The summed E-state index contributed by atoms with van der Waals surface area (Å²) in [5.41, 5.74) is 3.53. The minimum Gasteiger partial charge on any atom is -0.465 e. The van der Waals surface area contributed by atoms with Crippen LogP contribution in [-0.2, 0) is 22.4 Å². The predicted molar refractivity (Wildman–Crippen MR) is 124 cm³/mol. The average Bonchev–Trinajstić information content (AvgIpc) is 3.16. The van der Waals surface area contributed by atoms with E-state index in [9.17, 15) is 4.79 Å². The Morgan fingerprint density at radius 2 is 2.06 bits per heavy atom. The highest BCUT2D eigenvalue weighted by molar-refractivity contribution is 6.08. The van der Waals surface area contributed by atoms with Crippen LogP contribution in [0, 0.1) is 5.82 Å². The number of fused-ring (bicyclic) bond motifs is 1. The molecule has 0 amide bonds. The fourth-order valence-corrected chi connectivity index (χ4v) is 4.14. The highest BCUT2D eigenvalue weighted by atomic mass is 35.5. The number of hydrogen-bond acceptors (Lipinski definition) is 6. The van der Waals surface area contributed by atoms with Crippen LogP contribution in [0.3, 0.4) is 0 Å². The molecule has 1 aliphatic heterocycles. The fourth-order valence-electron chi connectivity index (χ4n) is 4.05. The number of pyridine rings is 1. The molecular formula is C25H21ClFN3O4. The lowest BCUT2D eigenvalue weighted by Crippen LogP contribution is -2.31. The third-order valence-corrected chi connectivity index (χ3v) is 6.06. The van der Waals surface area contributed by atoms with Crippen LogP contribution >= 0.6 is 11.9 Å². The van der Waals surface area contributed by atoms with Gasteiger partial charge in [-0.25, -0.2) is 19.2 Å². The molecule has 3 heterocycles. The van der Waals surface area contributed by atoms with E-state index in [0.29, 0.717) is 29.8 Å². The van der Waals surface area contributed by atoms with Crippen molar-refractivity contribution in [3.05, 3.63) is 77.4 Å². The van der Waals surface area contributed by atoms with Crippen LogP contribution in [0.2, 0.25) is 0 Å². The first kappa shape index (κ1) is 22.3. The summed E-state index contributed by atoms with van der Waals surface area (Å²) in [6.07, 6.45) is 1.45. The highest BCUT2D eigenvalue weighted by Crippen LogP contribution is 2.27. The van der Waals surface area contributed by atoms with E-state index in [0.717, 1.165) is 35.4 Å². The molecule has 174 valence electrons. The van der Waals surface area contributed by atoms with Crippen LogP contribution in [0.5, 0.6) is 5.88 Å². The minimum atomic E-state index is -0.411. The van der Waals surface area contributed by atoms with Gasteiger partial charge < -0.3 is 18.3 Å². The Morgan fingerprint density at radius 3 is 2.76 bits per heavy atom. The number of carbonyl (C=O) groups is 1. The third kappa shape index (κ3) is 4.34. The predicted octanol–water partition coefficient (Wildman–Crippen LogP) is 4.94. The summed E-state index contributed by atoms with van der Waals surface area (Å²) in [5, 5.41) is 0. The van der Waals surface area contributed by atoms with E-state index < -0.39 is 11.8 Å². The smallest absolute Gasteiger partial charge is 0.337 e. The first-order chi connectivity index (χ1) is 16.6. The summed E-state index contributed by atoms with van der Waals surface area (Å²) in [6.45, 7) is 1.34. The second kappa shape index (κ2) is 9.40. The number of ether oxygens (including phenoxy) is 2. The summed E-state index contributed by atoms with van der Waals surface area (Å²) in [5.74, 6) is 0.136. The Morgan fingerprint density at radius 1 is 1.21 bits per heavy atom. The van der Waals surface area contributed by atoms with Crippen molar-refractivity contribution in [2.45, 2.75) is 25.5 Å². The molecule has 1 aliphatic rings. The van der Waals surface area contributed by atoms with Gasteiger partial charge in [-0.15, -0.1) is 0 Å². The maximum Gasteiger partial charge on any atom is 0.337 e. The Bertz CT molecular complexity index is 1370. The maximum atomic E-state index is 15.0. The standard InChI is InChI=1S/C25H21ClFN3O4/c1-32-25(31)16-6-8-21-22(13-16)30(14-17-9-10-33-17)23(28-21)12-15-5-7-18(19(27)11-15)20-3-2-4-24(29-20)34-26/h2-8,11,13,17H,9-10,12,14H2,1H3/t17-/m0/s1. The number of nitrogens with zero attached hydrogens (tertiary/aromatic N) is 3. The normalized spacial score (nSPS) is 15.2. The molecule has 34 heavy (non-hydrogen) atoms. The van der Waals surface area contributed by atoms with Gasteiger partial charge in [-0.1, -0.05) is 12.1 Å². The average molecular weight is 482 g/mol. The van der Waals surface area contributed by atoms with Crippen LogP contribution in [0.4, 0.5) is 4.39 Å². The fraction of sp³-hybridized carbons (Fsp3) is 0.240. The lowest BCUT2D eigenvalue weighted by Gasteiger charge is -2.27. The third-order valence-electron chi connectivity index (χ3n) is 5.90. The Hall–Kier alpha value is -3.49. The number of imidazole rings is 1. The van der Waals surface area contributed by atoms with E-state index in [-0.39, 0.29) is 12.0 Å². The summed E-state index contributed by atoms with van der Waals surface area (Å²) >= 11 is 5.38. The Labute approximate surface area is 200 Å². The number of esters is 1. The molecule has 0 aliphatic carbocycles. The molecular weight excluding hydrogens is 461 g/mol. The molecule has 9 heteroatoms. The number of halogens is 2. The number of methoxy groups -OCH3 is 1. The summed E-state index contributed by atoms with van der Waals surface area (Å²) in [4.78, 5) is 21.0. The molecule has 4 aromatic rings. The topological polar surface area (TPSA) is 75.5 Å². The molecule has 1 atom stereocenters. The van der Waals surface area contributed by atoms with Gasteiger partial charge in [-0.05, 0) is 48.4 Å². The SMILES string of the molecule is COC(=O)c1ccc2nc(Cc3ccc(-c4cccc(OCl)n4)c(F)c3)n(C[C@@H]3CCO3)c2c1.